The normalized spacial score (nSPS) is 17.7. The van der Waals surface area contributed by atoms with Gasteiger partial charge >= 0.3 is 0 Å². The lowest BCUT2D eigenvalue weighted by atomic mass is 9.93. The highest BCUT2D eigenvalue weighted by atomic mass is 16.7. The predicted molar refractivity (Wildman–Crippen MR) is 140 cm³/mol. The molecule has 0 radical (unpaired) electrons. The van der Waals surface area contributed by atoms with Crippen LogP contribution in [0.25, 0.3) is 11.3 Å². The predicted octanol–water partition coefficient (Wildman–Crippen LogP) is 4.02. The van der Waals surface area contributed by atoms with Gasteiger partial charge in [-0.15, -0.1) is 0 Å². The van der Waals surface area contributed by atoms with Crippen molar-refractivity contribution < 1.29 is 23.8 Å². The van der Waals surface area contributed by atoms with Crippen LogP contribution in [0.4, 0.5) is 5.69 Å². The molecule has 9 heteroatoms. The van der Waals surface area contributed by atoms with E-state index in [-0.39, 0.29) is 31.7 Å². The van der Waals surface area contributed by atoms with Crippen molar-refractivity contribution in [2.24, 2.45) is 0 Å². The lowest BCUT2D eigenvalue weighted by Gasteiger charge is -2.43. The zero-order chi connectivity index (χ0) is 26.3. The number of carbonyl (C=O) groups is 2. The van der Waals surface area contributed by atoms with Crippen LogP contribution in [0, 0.1) is 0 Å². The van der Waals surface area contributed by atoms with Crippen LogP contribution in [0.2, 0.25) is 0 Å². The molecule has 1 aromatic heterocycles. The van der Waals surface area contributed by atoms with E-state index in [9.17, 15) is 9.59 Å². The second-order valence-electron chi connectivity index (χ2n) is 9.38. The Morgan fingerprint density at radius 2 is 1.79 bits per heavy atom. The number of nitrogens with one attached hydrogen (secondary N) is 1. The Morgan fingerprint density at radius 3 is 2.61 bits per heavy atom. The van der Waals surface area contributed by atoms with Crippen LogP contribution in [0.3, 0.4) is 0 Å². The first kappa shape index (κ1) is 23.6. The van der Waals surface area contributed by atoms with Crippen molar-refractivity contribution in [3.05, 3.63) is 90.1 Å². The summed E-state index contributed by atoms with van der Waals surface area (Å²) < 4.78 is 18.1. The Kier molecular flexibility index (Phi) is 5.75. The van der Waals surface area contributed by atoms with E-state index in [0.29, 0.717) is 34.3 Å². The van der Waals surface area contributed by atoms with Gasteiger partial charge in [-0.3, -0.25) is 19.2 Å². The number of para-hydroxylation sites is 1. The summed E-state index contributed by atoms with van der Waals surface area (Å²) in [5, 5.41) is 7.72. The number of rotatable bonds is 6. The SMILES string of the molecule is COc1ccccc1CNC(=O)[C@@]1(C)Cn2nc(-c3ccccc3)cc2C(=O)N1c1ccc2c(c1)OCO2. The number of ether oxygens (including phenoxy) is 3. The Morgan fingerprint density at radius 1 is 1.03 bits per heavy atom. The fourth-order valence-corrected chi connectivity index (χ4v) is 4.98. The van der Waals surface area contributed by atoms with Gasteiger partial charge in [0.2, 0.25) is 12.7 Å². The molecule has 2 amide bonds. The highest BCUT2D eigenvalue weighted by Crippen LogP contribution is 2.40. The summed E-state index contributed by atoms with van der Waals surface area (Å²) in [4.78, 5) is 29.5. The third kappa shape index (κ3) is 3.92. The summed E-state index contributed by atoms with van der Waals surface area (Å²) in [7, 11) is 1.59. The molecule has 0 spiro atoms. The Bertz CT molecular complexity index is 1530. The van der Waals surface area contributed by atoms with E-state index in [0.717, 1.165) is 11.1 Å². The van der Waals surface area contributed by atoms with E-state index in [1.54, 1.807) is 43.0 Å². The topological polar surface area (TPSA) is 94.9 Å². The highest BCUT2D eigenvalue weighted by Gasteiger charge is 2.49. The number of aromatic nitrogens is 2. The van der Waals surface area contributed by atoms with E-state index in [1.807, 2.05) is 54.6 Å². The second-order valence-corrected chi connectivity index (χ2v) is 9.38. The zero-order valence-corrected chi connectivity index (χ0v) is 21.0. The molecule has 3 heterocycles. The molecule has 0 bridgehead atoms. The number of carbonyl (C=O) groups excluding carboxylic acids is 2. The Hall–Kier alpha value is -4.79. The van der Waals surface area contributed by atoms with Crippen molar-refractivity contribution in [3.63, 3.8) is 0 Å². The van der Waals surface area contributed by atoms with Crippen LogP contribution in [-0.2, 0) is 17.9 Å². The van der Waals surface area contributed by atoms with Crippen LogP contribution < -0.4 is 24.4 Å². The standard InChI is InChI=1S/C29H26N4O5/c1-29(28(35)30-16-20-10-6-7-11-24(20)36-2)17-32-23(15-22(31-32)19-8-4-3-5-9-19)27(34)33(29)21-12-13-25-26(14-21)38-18-37-25/h3-15H,16-18H2,1-2H3,(H,30,35)/t29-/m1/s1. The lowest BCUT2D eigenvalue weighted by Crippen LogP contribution is -2.64. The van der Waals surface area contributed by atoms with E-state index < -0.39 is 5.54 Å². The minimum atomic E-state index is -1.29. The zero-order valence-electron chi connectivity index (χ0n) is 21.0. The molecule has 0 saturated carbocycles. The number of benzene rings is 3. The van der Waals surface area contributed by atoms with Crippen LogP contribution in [0.5, 0.6) is 17.2 Å². The van der Waals surface area contributed by atoms with Gasteiger partial charge in [0, 0.05) is 29.4 Å². The number of nitrogens with zero attached hydrogens (tertiary/aromatic N) is 3. The maximum Gasteiger partial charge on any atom is 0.277 e. The van der Waals surface area contributed by atoms with Gasteiger partial charge in [-0.25, -0.2) is 0 Å². The molecule has 6 rings (SSSR count). The average molecular weight is 511 g/mol. The minimum Gasteiger partial charge on any atom is -0.496 e. The highest BCUT2D eigenvalue weighted by molar-refractivity contribution is 6.12. The summed E-state index contributed by atoms with van der Waals surface area (Å²) in [5.41, 5.74) is 2.02. The number of methoxy groups -OCH3 is 1. The molecule has 192 valence electrons. The summed E-state index contributed by atoms with van der Waals surface area (Å²) in [6.45, 7) is 2.26. The summed E-state index contributed by atoms with van der Waals surface area (Å²) in [6, 6.07) is 24.1. The maximum absolute atomic E-state index is 14.0. The molecule has 3 aromatic carbocycles. The Labute approximate surface area is 219 Å². The van der Waals surface area contributed by atoms with Gasteiger partial charge < -0.3 is 19.5 Å². The molecule has 38 heavy (non-hydrogen) atoms. The van der Waals surface area contributed by atoms with Crippen molar-refractivity contribution >= 4 is 17.5 Å². The molecule has 0 unspecified atom stereocenters. The monoisotopic (exact) mass is 510 g/mol. The Balaban J connectivity index is 1.39. The molecule has 0 saturated heterocycles. The maximum atomic E-state index is 14.0. The van der Waals surface area contributed by atoms with Crippen molar-refractivity contribution in [2.75, 3.05) is 18.8 Å². The van der Waals surface area contributed by atoms with Gasteiger partial charge in [0.1, 0.15) is 17.0 Å². The third-order valence-corrected chi connectivity index (χ3v) is 6.96. The molecule has 9 nitrogen and oxygen atoms in total. The third-order valence-electron chi connectivity index (χ3n) is 6.96. The fraction of sp³-hybridized carbons (Fsp3) is 0.207. The smallest absolute Gasteiger partial charge is 0.277 e. The van der Waals surface area contributed by atoms with Crippen molar-refractivity contribution in [2.45, 2.75) is 25.6 Å². The van der Waals surface area contributed by atoms with Crippen molar-refractivity contribution in [3.8, 4) is 28.5 Å². The molecule has 1 atom stereocenters. The number of hydrogen-bond donors (Lipinski definition) is 1. The van der Waals surface area contributed by atoms with Crippen molar-refractivity contribution in [1.29, 1.82) is 0 Å². The summed E-state index contributed by atoms with van der Waals surface area (Å²) >= 11 is 0. The number of fused-ring (bicyclic) bond motifs is 2. The molecule has 4 aromatic rings. The largest absolute Gasteiger partial charge is 0.496 e. The number of hydrogen-bond acceptors (Lipinski definition) is 6. The first-order valence-electron chi connectivity index (χ1n) is 12.3. The minimum absolute atomic E-state index is 0.108. The molecule has 2 aliphatic rings. The first-order valence-corrected chi connectivity index (χ1v) is 12.3. The van der Waals surface area contributed by atoms with Gasteiger partial charge in [-0.2, -0.15) is 5.10 Å². The van der Waals surface area contributed by atoms with Gasteiger partial charge in [0.25, 0.3) is 5.91 Å². The van der Waals surface area contributed by atoms with Gasteiger partial charge in [0.05, 0.1) is 19.3 Å². The van der Waals surface area contributed by atoms with Crippen LogP contribution in [0.1, 0.15) is 23.0 Å². The fourth-order valence-electron chi connectivity index (χ4n) is 4.98. The average Bonchev–Trinajstić information content (AvgIpc) is 3.59. The lowest BCUT2D eigenvalue weighted by molar-refractivity contribution is -0.126. The molecular weight excluding hydrogens is 484 g/mol. The summed E-state index contributed by atoms with van der Waals surface area (Å²) in [6.07, 6.45) is 0. The second kappa shape index (κ2) is 9.26. The number of amides is 2. The van der Waals surface area contributed by atoms with Gasteiger partial charge in [-0.05, 0) is 31.2 Å². The van der Waals surface area contributed by atoms with Gasteiger partial charge in [-0.1, -0.05) is 48.5 Å². The van der Waals surface area contributed by atoms with E-state index in [2.05, 4.69) is 5.32 Å². The molecule has 1 N–H and O–H groups in total. The molecule has 2 aliphatic heterocycles. The summed E-state index contributed by atoms with van der Waals surface area (Å²) in [5.74, 6) is 1.14. The first-order chi connectivity index (χ1) is 18.5. The molecule has 0 fully saturated rings. The van der Waals surface area contributed by atoms with Crippen LogP contribution in [0.15, 0.2) is 78.9 Å². The van der Waals surface area contributed by atoms with Crippen LogP contribution in [-0.4, -0.2) is 41.0 Å². The van der Waals surface area contributed by atoms with E-state index >= 15 is 0 Å². The molecule has 0 aliphatic carbocycles. The van der Waals surface area contributed by atoms with E-state index in [1.165, 1.54) is 4.90 Å². The van der Waals surface area contributed by atoms with Gasteiger partial charge in [0.15, 0.2) is 11.5 Å². The number of anilines is 1. The van der Waals surface area contributed by atoms with E-state index in [4.69, 9.17) is 19.3 Å². The quantitative estimate of drug-likeness (QED) is 0.421. The molecular formula is C29H26N4O5. The van der Waals surface area contributed by atoms with Crippen molar-refractivity contribution in [1.82, 2.24) is 15.1 Å². The van der Waals surface area contributed by atoms with Crippen LogP contribution >= 0.6 is 0 Å².